The molecule has 0 saturated carbocycles. The van der Waals surface area contributed by atoms with E-state index in [0.717, 1.165) is 0 Å². The number of aromatic nitrogens is 1. The minimum absolute atomic E-state index is 0.0356. The third-order valence-electron chi connectivity index (χ3n) is 5.08. The summed E-state index contributed by atoms with van der Waals surface area (Å²) in [6.45, 7) is -1.10. The van der Waals surface area contributed by atoms with E-state index >= 15 is 0 Å². The number of nitroso groups, excluding NO2 is 1. The first-order chi connectivity index (χ1) is 15.7. The highest BCUT2D eigenvalue weighted by Crippen LogP contribution is 2.31. The molecule has 33 heavy (non-hydrogen) atoms. The van der Waals surface area contributed by atoms with Crippen LogP contribution in [-0.2, 0) is 14.4 Å². The third-order valence-corrected chi connectivity index (χ3v) is 5.85. The number of ketones is 1. The minimum atomic E-state index is -4.49. The first-order valence-electron chi connectivity index (χ1n) is 9.57. The lowest BCUT2D eigenvalue weighted by Gasteiger charge is -2.40. The largest absolute Gasteiger partial charge is 0.405 e. The number of carbonyl (C=O) groups excluding carboxylic acids is 3. The molecule has 1 aromatic rings. The first-order valence-corrected chi connectivity index (χ1v) is 10.4. The number of fused-ring (bicyclic) bond motifs is 2. The molecule has 172 valence electrons. The third kappa shape index (κ3) is 4.74. The zero-order chi connectivity index (χ0) is 23.8. The number of hydrogen-bond donors (Lipinski definition) is 1. The van der Waals surface area contributed by atoms with Crippen molar-refractivity contribution in [2.45, 2.75) is 12.6 Å². The van der Waals surface area contributed by atoms with Crippen LogP contribution in [0.15, 0.2) is 57.1 Å². The fourth-order valence-electron chi connectivity index (χ4n) is 3.38. The van der Waals surface area contributed by atoms with Gasteiger partial charge < -0.3 is 10.2 Å². The van der Waals surface area contributed by atoms with Crippen molar-refractivity contribution in [2.75, 3.05) is 24.5 Å². The molecule has 2 amide bonds. The molecule has 3 aliphatic rings. The van der Waals surface area contributed by atoms with Crippen molar-refractivity contribution in [3.05, 3.63) is 51.8 Å². The number of aliphatic imine (C=N–C) groups is 1. The van der Waals surface area contributed by atoms with Gasteiger partial charge in [-0.3, -0.25) is 19.3 Å². The normalized spacial score (nSPS) is 18.8. The maximum atomic E-state index is 12.8. The van der Waals surface area contributed by atoms with E-state index in [2.05, 4.69) is 15.2 Å². The Kier molecular flexibility index (Phi) is 5.93. The monoisotopic (exact) mass is 480 g/mol. The number of alkyl halides is 3. The van der Waals surface area contributed by atoms with Crippen LogP contribution in [0.25, 0.3) is 0 Å². The Bertz CT molecular complexity index is 1130. The molecule has 4 rings (SSSR count). The van der Waals surface area contributed by atoms with E-state index in [1.807, 2.05) is 5.32 Å². The average molecular weight is 480 g/mol. The minimum Gasteiger partial charge on any atom is -0.355 e. The number of carbonyl (C=O) groups is 3. The molecule has 0 radical (unpaired) electrons. The fraction of sp³-hybridized carbons (Fsp3) is 0.316. The summed E-state index contributed by atoms with van der Waals surface area (Å²) >= 11 is 1.21. The Hall–Kier alpha value is -3.68. The predicted molar refractivity (Wildman–Crippen MR) is 111 cm³/mol. The Morgan fingerprint density at radius 3 is 2.67 bits per heavy atom. The Labute approximate surface area is 188 Å². The molecule has 1 fully saturated rings. The number of nitrogens with zero attached hydrogens (tertiary/aromatic N) is 5. The number of nitrogens with one attached hydrogen (secondary N) is 1. The molecule has 1 saturated heterocycles. The quantitative estimate of drug-likeness (QED) is 0.504. The van der Waals surface area contributed by atoms with E-state index < -0.39 is 41.8 Å². The lowest BCUT2D eigenvalue weighted by molar-refractivity contribution is -0.143. The number of anilines is 1. The zero-order valence-corrected chi connectivity index (χ0v) is 17.5. The second-order valence-electron chi connectivity index (χ2n) is 7.31. The molecule has 3 aliphatic heterocycles. The molecule has 0 spiro atoms. The Morgan fingerprint density at radius 1 is 1.27 bits per heavy atom. The number of halogens is 3. The number of rotatable bonds is 5. The van der Waals surface area contributed by atoms with Gasteiger partial charge in [0.25, 0.3) is 0 Å². The topological polar surface area (TPSA) is 124 Å². The summed E-state index contributed by atoms with van der Waals surface area (Å²) in [4.78, 5) is 59.4. The molecule has 4 heterocycles. The summed E-state index contributed by atoms with van der Waals surface area (Å²) in [6, 6.07) is 0. The lowest BCUT2D eigenvalue weighted by Crippen LogP contribution is -2.53. The van der Waals surface area contributed by atoms with Crippen molar-refractivity contribution in [1.29, 1.82) is 0 Å². The van der Waals surface area contributed by atoms with Crippen LogP contribution in [0.3, 0.4) is 0 Å². The molecule has 0 unspecified atom stereocenters. The van der Waals surface area contributed by atoms with E-state index in [0.29, 0.717) is 16.8 Å². The number of hydrogen-bond acceptors (Lipinski definition) is 9. The molecule has 1 N–H and O–H groups in total. The number of thiazole rings is 1. The van der Waals surface area contributed by atoms with Gasteiger partial charge >= 0.3 is 12.1 Å². The van der Waals surface area contributed by atoms with Crippen LogP contribution in [-0.4, -0.2) is 59.1 Å². The van der Waals surface area contributed by atoms with Crippen molar-refractivity contribution in [3.63, 3.8) is 0 Å². The van der Waals surface area contributed by atoms with Crippen LogP contribution < -0.4 is 10.2 Å². The number of Topliss-reactive ketones (excluding diaryl/α,β-unsaturated/α-hetero) is 1. The highest BCUT2D eigenvalue weighted by atomic mass is 32.1. The molecule has 0 aromatic carbocycles. The number of amidine groups is 1. The van der Waals surface area contributed by atoms with Gasteiger partial charge in [0.05, 0.1) is 5.92 Å². The Morgan fingerprint density at radius 2 is 2.03 bits per heavy atom. The first kappa shape index (κ1) is 22.5. The lowest BCUT2D eigenvalue weighted by atomic mass is 9.99. The van der Waals surface area contributed by atoms with Crippen molar-refractivity contribution in [1.82, 2.24) is 15.2 Å². The highest BCUT2D eigenvalue weighted by Gasteiger charge is 2.38. The van der Waals surface area contributed by atoms with Gasteiger partial charge in [0, 0.05) is 48.0 Å². The molecule has 10 nitrogen and oxygen atoms in total. The molecule has 2 bridgehead atoms. The smallest absolute Gasteiger partial charge is 0.355 e. The van der Waals surface area contributed by atoms with Crippen molar-refractivity contribution < 1.29 is 27.6 Å². The van der Waals surface area contributed by atoms with Gasteiger partial charge in [0.1, 0.15) is 23.8 Å². The van der Waals surface area contributed by atoms with E-state index in [1.54, 1.807) is 10.3 Å². The van der Waals surface area contributed by atoms with E-state index in [1.165, 1.54) is 40.8 Å². The second-order valence-corrected chi connectivity index (χ2v) is 8.18. The fourth-order valence-corrected chi connectivity index (χ4v) is 4.02. The number of allylic oxidation sites excluding steroid dienone is 2. The SMILES string of the molecule is O=NC(=O)C1=CN(c2nccs2)C2=NC(N3CC(C(=O)NCC(F)(F)F)C3)=CC=C(C2)C1=O. The summed E-state index contributed by atoms with van der Waals surface area (Å²) in [7, 11) is 0. The maximum Gasteiger partial charge on any atom is 0.405 e. The summed E-state index contributed by atoms with van der Waals surface area (Å²) in [6.07, 6.45) is 1.22. The number of amides is 2. The van der Waals surface area contributed by atoms with Crippen LogP contribution in [0, 0.1) is 10.8 Å². The van der Waals surface area contributed by atoms with E-state index in [-0.39, 0.29) is 25.1 Å². The van der Waals surface area contributed by atoms with Gasteiger partial charge in [-0.05, 0) is 6.08 Å². The van der Waals surface area contributed by atoms with Gasteiger partial charge in [-0.2, -0.15) is 13.2 Å². The van der Waals surface area contributed by atoms with Crippen LogP contribution in [0.2, 0.25) is 0 Å². The van der Waals surface area contributed by atoms with Crippen LogP contribution >= 0.6 is 11.3 Å². The van der Waals surface area contributed by atoms with Crippen molar-refractivity contribution in [3.8, 4) is 0 Å². The highest BCUT2D eigenvalue weighted by molar-refractivity contribution is 7.13. The van der Waals surface area contributed by atoms with Crippen LogP contribution in [0.1, 0.15) is 6.42 Å². The molecule has 0 aliphatic carbocycles. The summed E-state index contributed by atoms with van der Waals surface area (Å²) in [5.41, 5.74) is -0.218. The summed E-state index contributed by atoms with van der Waals surface area (Å²) < 4.78 is 36.9. The van der Waals surface area contributed by atoms with Gasteiger partial charge in [-0.15, -0.1) is 16.2 Å². The molecular weight excluding hydrogens is 465 g/mol. The zero-order valence-electron chi connectivity index (χ0n) is 16.7. The average Bonchev–Trinajstić information content (AvgIpc) is 3.13. The van der Waals surface area contributed by atoms with Gasteiger partial charge in [0.2, 0.25) is 5.91 Å². The van der Waals surface area contributed by atoms with E-state index in [9.17, 15) is 32.5 Å². The molecule has 1 aromatic heterocycles. The Balaban J connectivity index is 1.58. The predicted octanol–water partition coefficient (Wildman–Crippen LogP) is 1.89. The molecule has 0 atom stereocenters. The summed E-state index contributed by atoms with van der Waals surface area (Å²) in [5.74, 6) is -2.49. The van der Waals surface area contributed by atoms with E-state index in [4.69, 9.17) is 0 Å². The van der Waals surface area contributed by atoms with Crippen molar-refractivity contribution in [2.24, 2.45) is 16.1 Å². The van der Waals surface area contributed by atoms with Gasteiger partial charge in [-0.1, -0.05) is 6.08 Å². The van der Waals surface area contributed by atoms with Crippen LogP contribution in [0.4, 0.5) is 18.3 Å². The number of likely N-dealkylation sites (tertiary alicyclic amines) is 1. The maximum absolute atomic E-state index is 12.8. The summed E-state index contributed by atoms with van der Waals surface area (Å²) in [5, 5.41) is 6.30. The molecular formula is C19H15F3N6O4S. The second kappa shape index (κ2) is 8.69. The molecule has 14 heteroatoms. The van der Waals surface area contributed by atoms with Gasteiger partial charge in [-0.25, -0.2) is 9.98 Å². The van der Waals surface area contributed by atoms with Crippen molar-refractivity contribution >= 4 is 39.9 Å². The standard InChI is InChI=1S/C19H15F3N6O4S/c20-19(21,22)9-24-16(30)11-6-27(7-11)13-2-1-10-5-14(25-13)28(18-23-3-4-33-18)8-12(15(10)29)17(31)26-32/h1-4,8,11H,5-7,9H2,(H,24,30). The van der Waals surface area contributed by atoms with Crippen LogP contribution in [0.5, 0.6) is 0 Å². The van der Waals surface area contributed by atoms with Gasteiger partial charge in [0.15, 0.2) is 10.9 Å².